The second-order valence-electron chi connectivity index (χ2n) is 3.01. The zero-order valence-electron chi connectivity index (χ0n) is 7.33. The number of amides is 1. The Morgan fingerprint density at radius 2 is 2.31 bits per heavy atom. The topological polar surface area (TPSA) is 80.9 Å². The first-order valence-electron chi connectivity index (χ1n) is 3.86. The van der Waals surface area contributed by atoms with Crippen LogP contribution in [0.5, 0.6) is 0 Å². The highest BCUT2D eigenvalue weighted by molar-refractivity contribution is 6.29. The normalized spacial score (nSPS) is 26.6. The number of guanidine groups is 1. The number of hydrazone groups is 1. The third-order valence-corrected chi connectivity index (χ3v) is 2.05. The van der Waals surface area contributed by atoms with Crippen molar-refractivity contribution in [3.8, 4) is 0 Å². The molecule has 1 unspecified atom stereocenters. The van der Waals surface area contributed by atoms with Crippen molar-refractivity contribution in [2.75, 3.05) is 7.05 Å². The van der Waals surface area contributed by atoms with Crippen LogP contribution in [0.2, 0.25) is 0 Å². The van der Waals surface area contributed by atoms with Crippen LogP contribution < -0.4 is 5.32 Å². The Morgan fingerprint density at radius 1 is 1.62 bits per heavy atom. The largest absolute Gasteiger partial charge is 0.294 e. The molecular weight excluding hydrogens is 170 g/mol. The van der Waals surface area contributed by atoms with E-state index in [1.807, 2.05) is 0 Å². The van der Waals surface area contributed by atoms with Gasteiger partial charge in [0.05, 0.1) is 5.71 Å². The van der Waals surface area contributed by atoms with E-state index in [2.05, 4.69) is 15.4 Å². The summed E-state index contributed by atoms with van der Waals surface area (Å²) in [6.45, 7) is 1.78. The molecule has 6 heteroatoms. The van der Waals surface area contributed by atoms with Gasteiger partial charge < -0.3 is 0 Å². The Bertz CT molecular complexity index is 356. The number of hydrogen-bond donors (Lipinski definition) is 2. The Labute approximate surface area is 74.8 Å². The fourth-order valence-electron chi connectivity index (χ4n) is 1.49. The maximum atomic E-state index is 11.4. The lowest BCUT2D eigenvalue weighted by atomic mass is 10.0. The Morgan fingerprint density at radius 3 is 3.00 bits per heavy atom. The zero-order valence-corrected chi connectivity index (χ0v) is 7.33. The van der Waals surface area contributed by atoms with Gasteiger partial charge in [-0.05, 0) is 6.92 Å². The summed E-state index contributed by atoms with van der Waals surface area (Å²) in [5.41, 5.74) is 0.714. The van der Waals surface area contributed by atoms with E-state index in [-0.39, 0.29) is 11.9 Å². The number of aliphatic imine (C=N–C) groups is 1. The predicted molar refractivity (Wildman–Crippen MR) is 47.7 cm³/mol. The average Bonchev–Trinajstić information content (AvgIpc) is 2.27. The van der Waals surface area contributed by atoms with Gasteiger partial charge in [0.1, 0.15) is 11.8 Å². The fourth-order valence-corrected chi connectivity index (χ4v) is 1.49. The summed E-state index contributed by atoms with van der Waals surface area (Å²) in [4.78, 5) is 15.3. The summed E-state index contributed by atoms with van der Waals surface area (Å²) in [7, 11) is 1.72. The summed E-state index contributed by atoms with van der Waals surface area (Å²) in [6, 6.07) is 0. The van der Waals surface area contributed by atoms with Crippen molar-refractivity contribution in [2.45, 2.75) is 6.92 Å². The average molecular weight is 179 g/mol. The van der Waals surface area contributed by atoms with E-state index >= 15 is 0 Å². The summed E-state index contributed by atoms with van der Waals surface area (Å²) < 4.78 is 0. The molecule has 0 saturated carbocycles. The number of fused-ring (bicyclic) bond motifs is 1. The standard InChI is InChI=1S/C7H9N5O/c1-3-4-5(12(2)11-3)9-7(8)10-6(4)13/h4H,1-2H3,(H2,8,10,13). The number of hydrogen-bond acceptors (Lipinski definition) is 4. The van der Waals surface area contributed by atoms with Crippen molar-refractivity contribution in [1.29, 1.82) is 5.41 Å². The molecule has 0 radical (unpaired) electrons. The van der Waals surface area contributed by atoms with Gasteiger partial charge >= 0.3 is 0 Å². The molecule has 2 rings (SSSR count). The molecule has 13 heavy (non-hydrogen) atoms. The smallest absolute Gasteiger partial charge is 0.243 e. The molecule has 0 aromatic carbocycles. The van der Waals surface area contributed by atoms with Crippen molar-refractivity contribution >= 4 is 23.4 Å². The summed E-state index contributed by atoms with van der Waals surface area (Å²) in [5.74, 6) is -0.209. The van der Waals surface area contributed by atoms with Gasteiger partial charge in [0.2, 0.25) is 11.9 Å². The summed E-state index contributed by atoms with van der Waals surface area (Å²) in [5, 5.41) is 15.2. The van der Waals surface area contributed by atoms with Gasteiger partial charge in [-0.1, -0.05) is 0 Å². The zero-order chi connectivity index (χ0) is 9.59. The van der Waals surface area contributed by atoms with Gasteiger partial charge in [0.25, 0.3) is 0 Å². The molecule has 2 heterocycles. The molecule has 2 N–H and O–H groups in total. The molecule has 1 atom stereocenters. The summed E-state index contributed by atoms with van der Waals surface area (Å²) >= 11 is 0. The third-order valence-electron chi connectivity index (χ3n) is 2.05. The van der Waals surface area contributed by atoms with Gasteiger partial charge in [-0.15, -0.1) is 0 Å². The van der Waals surface area contributed by atoms with Gasteiger partial charge in [0.15, 0.2) is 0 Å². The lowest BCUT2D eigenvalue weighted by Gasteiger charge is -2.19. The number of nitrogens with one attached hydrogen (secondary N) is 2. The first kappa shape index (κ1) is 7.90. The van der Waals surface area contributed by atoms with E-state index in [1.165, 1.54) is 5.01 Å². The Hall–Kier alpha value is -1.72. The van der Waals surface area contributed by atoms with Gasteiger partial charge in [-0.3, -0.25) is 20.5 Å². The van der Waals surface area contributed by atoms with E-state index in [0.717, 1.165) is 0 Å². The van der Waals surface area contributed by atoms with E-state index in [4.69, 9.17) is 5.41 Å². The number of amidine groups is 1. The fraction of sp³-hybridized carbons (Fsp3) is 0.429. The number of carbonyl (C=O) groups is 1. The van der Waals surface area contributed by atoms with Gasteiger partial charge in [-0.2, -0.15) is 10.1 Å². The van der Waals surface area contributed by atoms with Crippen LogP contribution in [-0.4, -0.2) is 35.5 Å². The summed E-state index contributed by atoms with van der Waals surface area (Å²) in [6.07, 6.45) is 0. The number of carbonyl (C=O) groups excluding carboxylic acids is 1. The van der Waals surface area contributed by atoms with E-state index in [0.29, 0.717) is 11.5 Å². The van der Waals surface area contributed by atoms with Crippen LogP contribution >= 0.6 is 0 Å². The molecule has 68 valence electrons. The predicted octanol–water partition coefficient (Wildman–Crippen LogP) is -0.613. The molecule has 0 bridgehead atoms. The van der Waals surface area contributed by atoms with Gasteiger partial charge in [0, 0.05) is 7.05 Å². The van der Waals surface area contributed by atoms with Crippen LogP contribution in [0.3, 0.4) is 0 Å². The lowest BCUT2D eigenvalue weighted by molar-refractivity contribution is -0.120. The highest BCUT2D eigenvalue weighted by Crippen LogP contribution is 2.18. The molecule has 1 amide bonds. The van der Waals surface area contributed by atoms with Crippen LogP contribution in [-0.2, 0) is 4.79 Å². The molecular formula is C7H9N5O. The highest BCUT2D eigenvalue weighted by Gasteiger charge is 2.38. The molecule has 0 saturated heterocycles. The van der Waals surface area contributed by atoms with Crippen molar-refractivity contribution in [2.24, 2.45) is 16.0 Å². The van der Waals surface area contributed by atoms with Crippen molar-refractivity contribution in [3.63, 3.8) is 0 Å². The molecule has 0 fully saturated rings. The van der Waals surface area contributed by atoms with Crippen LogP contribution in [0.4, 0.5) is 0 Å². The second kappa shape index (κ2) is 2.38. The Kier molecular flexibility index (Phi) is 1.45. The van der Waals surface area contributed by atoms with Crippen molar-refractivity contribution in [3.05, 3.63) is 0 Å². The molecule has 0 aromatic heterocycles. The molecule has 2 aliphatic heterocycles. The van der Waals surface area contributed by atoms with Crippen LogP contribution in [0, 0.1) is 11.3 Å². The van der Waals surface area contributed by atoms with Crippen LogP contribution in [0.25, 0.3) is 0 Å². The molecule has 6 nitrogen and oxygen atoms in total. The van der Waals surface area contributed by atoms with Crippen molar-refractivity contribution in [1.82, 2.24) is 10.3 Å². The lowest BCUT2D eigenvalue weighted by Crippen LogP contribution is -2.46. The molecule has 0 spiro atoms. The van der Waals surface area contributed by atoms with E-state index in [9.17, 15) is 4.79 Å². The van der Waals surface area contributed by atoms with Crippen LogP contribution in [0.1, 0.15) is 6.92 Å². The first-order chi connectivity index (χ1) is 6.09. The maximum Gasteiger partial charge on any atom is 0.243 e. The van der Waals surface area contributed by atoms with Crippen LogP contribution in [0.15, 0.2) is 10.1 Å². The highest BCUT2D eigenvalue weighted by atomic mass is 16.2. The van der Waals surface area contributed by atoms with Gasteiger partial charge in [-0.25, -0.2) is 0 Å². The maximum absolute atomic E-state index is 11.4. The first-order valence-corrected chi connectivity index (χ1v) is 3.86. The monoisotopic (exact) mass is 179 g/mol. The minimum Gasteiger partial charge on any atom is -0.294 e. The molecule has 0 aliphatic carbocycles. The molecule has 2 aliphatic rings. The van der Waals surface area contributed by atoms with Crippen molar-refractivity contribution < 1.29 is 4.79 Å². The number of nitrogens with zero attached hydrogens (tertiary/aromatic N) is 3. The Balaban J connectivity index is 2.46. The SMILES string of the molecule is CC1=NN(C)C2=NC(=N)NC(=O)C12. The third kappa shape index (κ3) is 1.02. The second-order valence-corrected chi connectivity index (χ2v) is 3.01. The minimum atomic E-state index is -0.404. The van der Waals surface area contributed by atoms with E-state index in [1.54, 1.807) is 14.0 Å². The van der Waals surface area contributed by atoms with E-state index < -0.39 is 5.92 Å². The minimum absolute atomic E-state index is 0.118. The quantitative estimate of drug-likeness (QED) is 0.520. The molecule has 0 aromatic rings. The number of rotatable bonds is 0.